The largest absolute Gasteiger partial charge is 0.463 e. The van der Waals surface area contributed by atoms with Gasteiger partial charge in [-0.25, -0.2) is 4.79 Å². The second-order valence-corrected chi connectivity index (χ2v) is 4.17. The van der Waals surface area contributed by atoms with Crippen molar-refractivity contribution >= 4 is 11.7 Å². The Kier molecular flexibility index (Phi) is 4.23. The number of aryl methyl sites for hydroxylation is 1. The first kappa shape index (κ1) is 13.2. The molecule has 0 unspecified atom stereocenters. The van der Waals surface area contributed by atoms with Crippen molar-refractivity contribution in [3.05, 3.63) is 53.5 Å². The van der Waals surface area contributed by atoms with E-state index in [0.717, 1.165) is 17.7 Å². The lowest BCUT2D eigenvalue weighted by Gasteiger charge is -2.06. The van der Waals surface area contributed by atoms with E-state index >= 15 is 0 Å². The fourth-order valence-electron chi connectivity index (χ4n) is 1.80. The number of methoxy groups -OCH3 is 1. The first-order chi connectivity index (χ1) is 9.24. The third kappa shape index (κ3) is 3.16. The van der Waals surface area contributed by atoms with Gasteiger partial charge in [-0.15, -0.1) is 0 Å². The van der Waals surface area contributed by atoms with Crippen LogP contribution < -0.4 is 5.32 Å². The van der Waals surface area contributed by atoms with Crippen molar-refractivity contribution in [3.63, 3.8) is 0 Å². The average molecular weight is 259 g/mol. The lowest BCUT2D eigenvalue weighted by molar-refractivity contribution is 0.0563. The highest BCUT2D eigenvalue weighted by molar-refractivity contribution is 5.87. The van der Waals surface area contributed by atoms with E-state index in [1.807, 2.05) is 12.1 Å². The molecule has 4 nitrogen and oxygen atoms in total. The summed E-state index contributed by atoms with van der Waals surface area (Å²) in [6, 6.07) is 9.98. The Bertz CT molecular complexity index is 543. The van der Waals surface area contributed by atoms with Crippen molar-refractivity contribution in [1.29, 1.82) is 0 Å². The van der Waals surface area contributed by atoms with Gasteiger partial charge in [0.15, 0.2) is 0 Å². The van der Waals surface area contributed by atoms with Gasteiger partial charge in [0.05, 0.1) is 13.4 Å². The molecule has 2 rings (SSSR count). The molecular formula is C15H17NO3. The summed E-state index contributed by atoms with van der Waals surface area (Å²) in [5.74, 6) is -0.205. The Morgan fingerprint density at radius 1 is 1.26 bits per heavy atom. The number of hydrogen-bond acceptors (Lipinski definition) is 4. The summed E-state index contributed by atoms with van der Waals surface area (Å²) < 4.78 is 9.78. The van der Waals surface area contributed by atoms with Crippen LogP contribution in [0.15, 0.2) is 41.0 Å². The predicted molar refractivity (Wildman–Crippen MR) is 73.2 cm³/mol. The van der Waals surface area contributed by atoms with E-state index in [4.69, 9.17) is 4.42 Å². The van der Waals surface area contributed by atoms with E-state index in [9.17, 15) is 4.79 Å². The topological polar surface area (TPSA) is 51.5 Å². The Hall–Kier alpha value is -2.23. The molecule has 1 heterocycles. The number of benzene rings is 1. The number of carbonyl (C=O) groups is 1. The second kappa shape index (κ2) is 6.09. The molecule has 19 heavy (non-hydrogen) atoms. The second-order valence-electron chi connectivity index (χ2n) is 4.17. The first-order valence-electron chi connectivity index (χ1n) is 6.22. The summed E-state index contributed by atoms with van der Waals surface area (Å²) in [6.45, 7) is 2.64. The summed E-state index contributed by atoms with van der Waals surface area (Å²) in [5, 5.41) is 3.25. The minimum Gasteiger partial charge on any atom is -0.463 e. The lowest BCUT2D eigenvalue weighted by Crippen LogP contribution is -2.06. The monoisotopic (exact) mass is 259 g/mol. The third-order valence-electron chi connectivity index (χ3n) is 2.96. The Balaban J connectivity index is 2.02. The molecule has 0 aliphatic carbocycles. The smallest absolute Gasteiger partial charge is 0.374 e. The SMILES string of the molecule is CCc1ccc(NCc2ccoc2C(=O)OC)cc1. The molecule has 0 fully saturated rings. The molecule has 0 radical (unpaired) electrons. The van der Waals surface area contributed by atoms with Crippen LogP contribution in [0.5, 0.6) is 0 Å². The molecule has 0 aliphatic rings. The third-order valence-corrected chi connectivity index (χ3v) is 2.96. The van der Waals surface area contributed by atoms with Crippen LogP contribution in [0.4, 0.5) is 5.69 Å². The van der Waals surface area contributed by atoms with Gasteiger partial charge in [-0.3, -0.25) is 0 Å². The van der Waals surface area contributed by atoms with E-state index < -0.39 is 5.97 Å². The molecule has 2 aromatic rings. The molecule has 0 amide bonds. The van der Waals surface area contributed by atoms with Crippen molar-refractivity contribution < 1.29 is 13.9 Å². The number of nitrogens with one attached hydrogen (secondary N) is 1. The van der Waals surface area contributed by atoms with Gasteiger partial charge in [0, 0.05) is 17.8 Å². The summed E-state index contributed by atoms with van der Waals surface area (Å²) in [7, 11) is 1.34. The molecule has 4 heteroatoms. The van der Waals surface area contributed by atoms with Crippen molar-refractivity contribution in [3.8, 4) is 0 Å². The highest BCUT2D eigenvalue weighted by Crippen LogP contribution is 2.15. The summed E-state index contributed by atoms with van der Waals surface area (Å²) in [6.07, 6.45) is 2.51. The van der Waals surface area contributed by atoms with Gasteiger partial charge >= 0.3 is 5.97 Å². The van der Waals surface area contributed by atoms with E-state index in [0.29, 0.717) is 6.54 Å². The number of furan rings is 1. The van der Waals surface area contributed by atoms with Crippen LogP contribution in [-0.2, 0) is 17.7 Å². The number of esters is 1. The minimum absolute atomic E-state index is 0.250. The van der Waals surface area contributed by atoms with Crippen LogP contribution in [0.3, 0.4) is 0 Å². The highest BCUT2D eigenvalue weighted by atomic mass is 16.5. The van der Waals surface area contributed by atoms with Crippen LogP contribution in [0.1, 0.15) is 28.6 Å². The minimum atomic E-state index is -0.455. The molecule has 0 bridgehead atoms. The predicted octanol–water partition coefficient (Wildman–Crippen LogP) is 3.24. The zero-order valence-corrected chi connectivity index (χ0v) is 11.1. The zero-order chi connectivity index (χ0) is 13.7. The van der Waals surface area contributed by atoms with Crippen LogP contribution >= 0.6 is 0 Å². The molecular weight excluding hydrogens is 242 g/mol. The molecule has 0 aliphatic heterocycles. The Labute approximate surface area is 112 Å². The fraction of sp³-hybridized carbons (Fsp3) is 0.267. The molecule has 0 saturated carbocycles. The van der Waals surface area contributed by atoms with Crippen molar-refractivity contribution in [2.75, 3.05) is 12.4 Å². The van der Waals surface area contributed by atoms with Crippen LogP contribution in [0.2, 0.25) is 0 Å². The maximum atomic E-state index is 11.4. The Morgan fingerprint density at radius 3 is 2.63 bits per heavy atom. The van der Waals surface area contributed by atoms with Crippen molar-refractivity contribution in [2.45, 2.75) is 19.9 Å². The fourth-order valence-corrected chi connectivity index (χ4v) is 1.80. The van der Waals surface area contributed by atoms with Gasteiger partial charge in [-0.05, 0) is 30.2 Å². The van der Waals surface area contributed by atoms with Gasteiger partial charge in [-0.2, -0.15) is 0 Å². The average Bonchev–Trinajstić information content (AvgIpc) is 2.93. The van der Waals surface area contributed by atoms with Crippen molar-refractivity contribution in [2.24, 2.45) is 0 Å². The van der Waals surface area contributed by atoms with Gasteiger partial charge < -0.3 is 14.5 Å². The van der Waals surface area contributed by atoms with E-state index in [-0.39, 0.29) is 5.76 Å². The zero-order valence-electron chi connectivity index (χ0n) is 11.1. The first-order valence-corrected chi connectivity index (χ1v) is 6.22. The number of carbonyl (C=O) groups excluding carboxylic acids is 1. The van der Waals surface area contributed by atoms with E-state index in [1.54, 1.807) is 6.07 Å². The summed E-state index contributed by atoms with van der Waals surface area (Å²) in [5.41, 5.74) is 3.09. The number of anilines is 1. The molecule has 1 N–H and O–H groups in total. The van der Waals surface area contributed by atoms with Crippen LogP contribution in [0, 0.1) is 0 Å². The molecule has 0 spiro atoms. The maximum Gasteiger partial charge on any atom is 0.374 e. The van der Waals surface area contributed by atoms with Gasteiger partial charge in [0.2, 0.25) is 5.76 Å². The van der Waals surface area contributed by atoms with Crippen LogP contribution in [-0.4, -0.2) is 13.1 Å². The number of ether oxygens (including phenoxy) is 1. The molecule has 0 atom stereocenters. The normalized spacial score (nSPS) is 10.2. The highest BCUT2D eigenvalue weighted by Gasteiger charge is 2.15. The van der Waals surface area contributed by atoms with Gasteiger partial charge in [0.25, 0.3) is 0 Å². The van der Waals surface area contributed by atoms with Crippen molar-refractivity contribution in [1.82, 2.24) is 0 Å². The molecule has 1 aromatic carbocycles. The van der Waals surface area contributed by atoms with Crippen LogP contribution in [0.25, 0.3) is 0 Å². The van der Waals surface area contributed by atoms with Gasteiger partial charge in [0.1, 0.15) is 0 Å². The number of rotatable bonds is 5. The Morgan fingerprint density at radius 2 is 2.00 bits per heavy atom. The van der Waals surface area contributed by atoms with E-state index in [2.05, 4.69) is 29.1 Å². The molecule has 0 saturated heterocycles. The maximum absolute atomic E-state index is 11.4. The quantitative estimate of drug-likeness (QED) is 0.837. The molecule has 100 valence electrons. The summed E-state index contributed by atoms with van der Waals surface area (Å²) in [4.78, 5) is 11.4. The standard InChI is InChI=1S/C15H17NO3/c1-3-11-4-6-13(7-5-11)16-10-12-8-9-19-14(12)15(17)18-2/h4-9,16H,3,10H2,1-2H3. The lowest BCUT2D eigenvalue weighted by atomic mass is 10.1. The number of hydrogen-bond donors (Lipinski definition) is 1. The summed E-state index contributed by atoms with van der Waals surface area (Å²) >= 11 is 0. The molecule has 1 aromatic heterocycles. The van der Waals surface area contributed by atoms with Gasteiger partial charge in [-0.1, -0.05) is 19.1 Å². The van der Waals surface area contributed by atoms with E-state index in [1.165, 1.54) is 18.9 Å².